The SMILES string of the molecule is CCCc1[nH]c(C2(OC)CCCC2)nc(=S)c1Br. The van der Waals surface area contributed by atoms with Gasteiger partial charge < -0.3 is 9.72 Å². The minimum Gasteiger partial charge on any atom is -0.370 e. The molecule has 0 aromatic carbocycles. The summed E-state index contributed by atoms with van der Waals surface area (Å²) in [6.45, 7) is 2.16. The highest BCUT2D eigenvalue weighted by Gasteiger charge is 2.38. The quantitative estimate of drug-likeness (QED) is 0.837. The molecule has 0 spiro atoms. The first-order valence-electron chi connectivity index (χ1n) is 6.47. The van der Waals surface area contributed by atoms with Gasteiger partial charge in [0.2, 0.25) is 0 Å². The third-order valence-corrected chi connectivity index (χ3v) is 5.08. The molecule has 1 heterocycles. The molecule has 0 bridgehead atoms. The van der Waals surface area contributed by atoms with Crippen molar-refractivity contribution in [3.8, 4) is 0 Å². The lowest BCUT2D eigenvalue weighted by atomic mass is 10.0. The van der Waals surface area contributed by atoms with Crippen LogP contribution in [0.2, 0.25) is 0 Å². The summed E-state index contributed by atoms with van der Waals surface area (Å²) in [7, 11) is 1.77. The molecule has 5 heteroatoms. The Morgan fingerprint density at radius 1 is 1.44 bits per heavy atom. The molecule has 1 aliphatic rings. The smallest absolute Gasteiger partial charge is 0.144 e. The van der Waals surface area contributed by atoms with Gasteiger partial charge in [-0.2, -0.15) is 0 Å². The number of hydrogen-bond donors (Lipinski definition) is 1. The number of hydrogen-bond acceptors (Lipinski definition) is 3. The molecule has 0 radical (unpaired) electrons. The molecule has 0 atom stereocenters. The molecule has 2 rings (SSSR count). The fourth-order valence-electron chi connectivity index (χ4n) is 2.63. The lowest BCUT2D eigenvalue weighted by Gasteiger charge is -2.27. The van der Waals surface area contributed by atoms with E-state index in [4.69, 9.17) is 17.0 Å². The Hall–Kier alpha value is -0.260. The Bertz CT molecular complexity index is 480. The number of aryl methyl sites for hydroxylation is 1. The predicted molar refractivity (Wildman–Crippen MR) is 78.3 cm³/mol. The largest absolute Gasteiger partial charge is 0.370 e. The third kappa shape index (κ3) is 2.53. The van der Waals surface area contributed by atoms with Crippen molar-refractivity contribution in [3.63, 3.8) is 0 Å². The highest BCUT2D eigenvalue weighted by Crippen LogP contribution is 2.40. The molecule has 1 aliphatic carbocycles. The molecule has 18 heavy (non-hydrogen) atoms. The average Bonchev–Trinajstić information content (AvgIpc) is 2.85. The fourth-order valence-corrected chi connectivity index (χ4v) is 3.23. The molecule has 3 nitrogen and oxygen atoms in total. The van der Waals surface area contributed by atoms with Gasteiger partial charge in [0.15, 0.2) is 0 Å². The van der Waals surface area contributed by atoms with Crippen molar-refractivity contribution in [1.29, 1.82) is 0 Å². The van der Waals surface area contributed by atoms with Crippen LogP contribution in [0.4, 0.5) is 0 Å². The van der Waals surface area contributed by atoms with Crippen LogP contribution in [0.3, 0.4) is 0 Å². The number of nitrogens with one attached hydrogen (secondary N) is 1. The minimum atomic E-state index is -0.253. The van der Waals surface area contributed by atoms with Gasteiger partial charge in [0.1, 0.15) is 16.1 Å². The first-order chi connectivity index (χ1) is 8.63. The second kappa shape index (κ2) is 5.80. The second-order valence-corrected chi connectivity index (χ2v) is 6.02. The maximum atomic E-state index is 5.76. The summed E-state index contributed by atoms with van der Waals surface area (Å²) in [6, 6.07) is 0. The van der Waals surface area contributed by atoms with Gasteiger partial charge in [-0.1, -0.05) is 25.6 Å². The summed E-state index contributed by atoms with van der Waals surface area (Å²) < 4.78 is 7.32. The lowest BCUT2D eigenvalue weighted by Crippen LogP contribution is -2.28. The van der Waals surface area contributed by atoms with Gasteiger partial charge in [-0.05, 0) is 48.0 Å². The molecular weight excluding hydrogens is 312 g/mol. The molecule has 1 fully saturated rings. The Kier molecular flexibility index (Phi) is 4.56. The van der Waals surface area contributed by atoms with Crippen molar-refractivity contribution in [1.82, 2.24) is 9.97 Å². The van der Waals surface area contributed by atoms with Crippen LogP contribution in [0.5, 0.6) is 0 Å². The maximum absolute atomic E-state index is 5.76. The number of H-pyrrole nitrogens is 1. The van der Waals surface area contributed by atoms with Gasteiger partial charge >= 0.3 is 0 Å². The fraction of sp³-hybridized carbons (Fsp3) is 0.692. The van der Waals surface area contributed by atoms with Crippen LogP contribution in [-0.4, -0.2) is 17.1 Å². The molecule has 0 unspecified atom stereocenters. The van der Waals surface area contributed by atoms with Crippen molar-refractivity contribution < 1.29 is 4.74 Å². The normalized spacial score (nSPS) is 18.2. The van der Waals surface area contributed by atoms with Crippen molar-refractivity contribution in [2.75, 3.05) is 7.11 Å². The third-order valence-electron chi connectivity index (χ3n) is 3.67. The van der Waals surface area contributed by atoms with E-state index < -0.39 is 0 Å². The van der Waals surface area contributed by atoms with E-state index in [1.165, 1.54) is 12.8 Å². The number of aromatic amines is 1. The molecule has 0 amide bonds. The molecule has 0 saturated heterocycles. The lowest BCUT2D eigenvalue weighted by molar-refractivity contribution is -0.0166. The number of rotatable bonds is 4. The van der Waals surface area contributed by atoms with Crippen LogP contribution >= 0.6 is 28.1 Å². The monoisotopic (exact) mass is 330 g/mol. The van der Waals surface area contributed by atoms with Crippen molar-refractivity contribution in [3.05, 3.63) is 20.6 Å². The van der Waals surface area contributed by atoms with Crippen LogP contribution in [0, 0.1) is 4.64 Å². The van der Waals surface area contributed by atoms with Crippen molar-refractivity contribution in [2.45, 2.75) is 51.0 Å². The Morgan fingerprint density at radius 2 is 2.11 bits per heavy atom. The van der Waals surface area contributed by atoms with Gasteiger partial charge in [-0.25, -0.2) is 4.98 Å². The van der Waals surface area contributed by atoms with E-state index in [1.807, 2.05) is 0 Å². The standard InChI is InChI=1S/C13H19BrN2OS/c1-3-6-9-10(14)11(18)16-12(15-9)13(17-2)7-4-5-8-13/h3-8H2,1-2H3,(H,15,16,18). The van der Waals surface area contributed by atoms with Gasteiger partial charge in [-0.15, -0.1) is 0 Å². The maximum Gasteiger partial charge on any atom is 0.144 e. The zero-order valence-electron chi connectivity index (χ0n) is 10.9. The average molecular weight is 331 g/mol. The van der Waals surface area contributed by atoms with Gasteiger partial charge in [0.25, 0.3) is 0 Å². The summed E-state index contributed by atoms with van der Waals surface area (Å²) in [5.41, 5.74) is 0.882. The van der Waals surface area contributed by atoms with E-state index >= 15 is 0 Å². The number of methoxy groups -OCH3 is 1. The van der Waals surface area contributed by atoms with Crippen LogP contribution in [0.1, 0.15) is 50.5 Å². The summed E-state index contributed by atoms with van der Waals surface area (Å²) in [5.74, 6) is 0.902. The van der Waals surface area contributed by atoms with Crippen molar-refractivity contribution >= 4 is 28.1 Å². The molecule has 1 aromatic heterocycles. The molecular formula is C13H19BrN2OS. The summed E-state index contributed by atoms with van der Waals surface area (Å²) in [4.78, 5) is 7.97. The number of halogens is 1. The van der Waals surface area contributed by atoms with Gasteiger partial charge in [0.05, 0.1) is 4.47 Å². The number of nitrogens with zero attached hydrogens (tertiary/aromatic N) is 1. The Labute approximate surface area is 121 Å². The van der Waals surface area contributed by atoms with Crippen LogP contribution in [0.25, 0.3) is 0 Å². The number of ether oxygens (including phenoxy) is 1. The van der Waals surface area contributed by atoms with Gasteiger partial charge in [0, 0.05) is 12.8 Å². The molecule has 1 saturated carbocycles. The van der Waals surface area contributed by atoms with Crippen LogP contribution in [-0.2, 0) is 16.8 Å². The molecule has 0 aliphatic heterocycles. The van der Waals surface area contributed by atoms with E-state index in [-0.39, 0.29) is 5.60 Å². The first kappa shape index (κ1) is 14.2. The first-order valence-corrected chi connectivity index (χ1v) is 7.67. The minimum absolute atomic E-state index is 0.253. The molecule has 1 N–H and O–H groups in total. The van der Waals surface area contributed by atoms with E-state index in [9.17, 15) is 0 Å². The summed E-state index contributed by atoms with van der Waals surface area (Å²) >= 11 is 8.87. The Morgan fingerprint density at radius 3 is 2.67 bits per heavy atom. The molecule has 1 aromatic rings. The van der Waals surface area contributed by atoms with E-state index in [1.54, 1.807) is 7.11 Å². The van der Waals surface area contributed by atoms with Crippen LogP contribution < -0.4 is 0 Å². The zero-order chi connectivity index (χ0) is 13.2. The second-order valence-electron chi connectivity index (χ2n) is 4.84. The summed E-state index contributed by atoms with van der Waals surface area (Å²) in [5, 5.41) is 0. The predicted octanol–water partition coefficient (Wildman–Crippen LogP) is 4.27. The zero-order valence-corrected chi connectivity index (χ0v) is 13.3. The molecule has 100 valence electrons. The van der Waals surface area contributed by atoms with E-state index in [0.29, 0.717) is 4.64 Å². The highest BCUT2D eigenvalue weighted by molar-refractivity contribution is 9.10. The van der Waals surface area contributed by atoms with Crippen LogP contribution in [0.15, 0.2) is 4.47 Å². The van der Waals surface area contributed by atoms with E-state index in [0.717, 1.165) is 41.7 Å². The summed E-state index contributed by atoms with van der Waals surface area (Å²) in [6.07, 6.45) is 6.47. The highest BCUT2D eigenvalue weighted by atomic mass is 79.9. The van der Waals surface area contributed by atoms with Crippen molar-refractivity contribution in [2.24, 2.45) is 0 Å². The van der Waals surface area contributed by atoms with Gasteiger partial charge in [-0.3, -0.25) is 0 Å². The number of aromatic nitrogens is 2. The topological polar surface area (TPSA) is 37.9 Å². The Balaban J connectivity index is 2.47. The van der Waals surface area contributed by atoms with E-state index in [2.05, 4.69) is 32.8 Å².